The number of rotatable bonds is 12. The van der Waals surface area contributed by atoms with Crippen molar-refractivity contribution in [1.82, 2.24) is 15.2 Å². The van der Waals surface area contributed by atoms with Gasteiger partial charge in [-0.25, -0.2) is 4.99 Å². The molecule has 5 N–H and O–H groups in total. The summed E-state index contributed by atoms with van der Waals surface area (Å²) in [4.78, 5) is 9.77. The molecule has 0 saturated carbocycles. The van der Waals surface area contributed by atoms with Crippen LogP contribution in [0, 0.1) is 0 Å². The standard InChI is InChI=1S/C25H35N5O3/c1-5-32-22-10-8-18(14-23(22)33-6-2)25(31)29-24(26)17-7-9-21-20(13-17)19(16-28-21)15-27-11-12-30(3)4/h7-10,13-14,16,25,27-28,31H,5-6,11-12,15H2,1-4H3,(H2,26,29). The van der Waals surface area contributed by atoms with Crippen LogP contribution in [0.4, 0.5) is 0 Å². The highest BCUT2D eigenvalue weighted by Gasteiger charge is 2.13. The van der Waals surface area contributed by atoms with E-state index in [1.165, 1.54) is 0 Å². The predicted molar refractivity (Wildman–Crippen MR) is 133 cm³/mol. The average Bonchev–Trinajstić information content (AvgIpc) is 3.20. The number of aliphatic imine (C=N–C) groups is 1. The molecule has 1 aromatic heterocycles. The van der Waals surface area contributed by atoms with Crippen molar-refractivity contribution in [2.45, 2.75) is 26.6 Å². The Balaban J connectivity index is 1.78. The Bertz CT molecular complexity index is 1080. The number of aromatic amines is 1. The fourth-order valence-electron chi connectivity index (χ4n) is 3.52. The molecule has 178 valence electrons. The van der Waals surface area contributed by atoms with Crippen molar-refractivity contribution >= 4 is 16.7 Å². The third-order valence-corrected chi connectivity index (χ3v) is 5.24. The monoisotopic (exact) mass is 453 g/mol. The number of aromatic nitrogens is 1. The van der Waals surface area contributed by atoms with Gasteiger partial charge in [-0.05, 0) is 63.8 Å². The number of nitrogens with one attached hydrogen (secondary N) is 2. The first kappa shape index (κ1) is 24.6. The zero-order valence-corrected chi connectivity index (χ0v) is 19.9. The van der Waals surface area contributed by atoms with Crippen molar-refractivity contribution in [3.05, 3.63) is 59.3 Å². The quantitative estimate of drug-likeness (QED) is 0.191. The normalized spacial score (nSPS) is 13.0. The summed E-state index contributed by atoms with van der Waals surface area (Å²) in [6.07, 6.45) is 0.892. The number of ether oxygens (including phenoxy) is 2. The number of nitrogens with zero attached hydrogens (tertiary/aromatic N) is 2. The zero-order valence-electron chi connectivity index (χ0n) is 19.9. The van der Waals surface area contributed by atoms with Gasteiger partial charge in [0.05, 0.1) is 13.2 Å². The number of hydrogen-bond donors (Lipinski definition) is 4. The first-order valence-corrected chi connectivity index (χ1v) is 11.3. The number of likely N-dealkylation sites (N-methyl/N-ethyl adjacent to an activating group) is 1. The van der Waals surface area contributed by atoms with E-state index in [1.54, 1.807) is 18.2 Å². The van der Waals surface area contributed by atoms with Gasteiger partial charge in [-0.1, -0.05) is 6.07 Å². The Morgan fingerprint density at radius 3 is 2.61 bits per heavy atom. The van der Waals surface area contributed by atoms with E-state index in [2.05, 4.69) is 34.3 Å². The fourth-order valence-corrected chi connectivity index (χ4v) is 3.52. The SMILES string of the molecule is CCOc1ccc(C(O)/N=C(\N)c2ccc3[nH]cc(CNCCN(C)C)c3c2)cc1OCC. The molecule has 0 radical (unpaired) electrons. The van der Waals surface area contributed by atoms with Crippen molar-refractivity contribution in [2.24, 2.45) is 10.7 Å². The molecule has 0 amide bonds. The molecule has 0 fully saturated rings. The highest BCUT2D eigenvalue weighted by atomic mass is 16.5. The van der Waals surface area contributed by atoms with Crippen molar-refractivity contribution in [2.75, 3.05) is 40.4 Å². The van der Waals surface area contributed by atoms with Gasteiger partial charge in [-0.3, -0.25) is 0 Å². The molecule has 0 saturated heterocycles. The number of fused-ring (bicyclic) bond motifs is 1. The van der Waals surface area contributed by atoms with E-state index < -0.39 is 6.23 Å². The van der Waals surface area contributed by atoms with E-state index in [1.807, 2.05) is 38.2 Å². The third kappa shape index (κ3) is 6.47. The van der Waals surface area contributed by atoms with Crippen molar-refractivity contribution in [3.8, 4) is 11.5 Å². The van der Waals surface area contributed by atoms with Crippen molar-refractivity contribution in [3.63, 3.8) is 0 Å². The van der Waals surface area contributed by atoms with Gasteiger partial charge in [0.25, 0.3) is 0 Å². The molecular formula is C25H35N5O3. The van der Waals surface area contributed by atoms with Gasteiger partial charge in [0.2, 0.25) is 0 Å². The molecule has 8 nitrogen and oxygen atoms in total. The van der Waals surface area contributed by atoms with Crippen LogP contribution in [0.3, 0.4) is 0 Å². The second kappa shape index (κ2) is 11.7. The Hall–Kier alpha value is -3.07. The van der Waals surface area contributed by atoms with Crippen LogP contribution in [0.1, 0.15) is 36.8 Å². The Morgan fingerprint density at radius 1 is 1.12 bits per heavy atom. The lowest BCUT2D eigenvalue weighted by Gasteiger charge is -2.14. The summed E-state index contributed by atoms with van der Waals surface area (Å²) in [6.45, 7) is 7.47. The van der Waals surface area contributed by atoms with E-state index in [0.29, 0.717) is 30.3 Å². The van der Waals surface area contributed by atoms with Crippen LogP contribution in [0.5, 0.6) is 11.5 Å². The van der Waals surface area contributed by atoms with Crippen LogP contribution in [0.15, 0.2) is 47.6 Å². The molecule has 3 aromatic rings. The molecule has 1 unspecified atom stereocenters. The van der Waals surface area contributed by atoms with Gasteiger partial charge in [0.15, 0.2) is 17.7 Å². The highest BCUT2D eigenvalue weighted by molar-refractivity contribution is 6.01. The Morgan fingerprint density at radius 2 is 1.88 bits per heavy atom. The maximum atomic E-state index is 10.7. The van der Waals surface area contributed by atoms with Gasteiger partial charge in [-0.2, -0.15) is 0 Å². The van der Waals surface area contributed by atoms with Crippen molar-refractivity contribution in [1.29, 1.82) is 0 Å². The fraction of sp³-hybridized carbons (Fsp3) is 0.400. The van der Waals surface area contributed by atoms with E-state index in [9.17, 15) is 5.11 Å². The van der Waals surface area contributed by atoms with E-state index >= 15 is 0 Å². The maximum Gasteiger partial charge on any atom is 0.173 e. The largest absolute Gasteiger partial charge is 0.490 e. The summed E-state index contributed by atoms with van der Waals surface area (Å²) in [5.41, 5.74) is 9.80. The molecule has 2 aromatic carbocycles. The van der Waals surface area contributed by atoms with Crippen LogP contribution >= 0.6 is 0 Å². The van der Waals surface area contributed by atoms with Gasteiger partial charge in [-0.15, -0.1) is 0 Å². The average molecular weight is 454 g/mol. The molecule has 0 aliphatic carbocycles. The zero-order chi connectivity index (χ0) is 23.8. The third-order valence-electron chi connectivity index (χ3n) is 5.24. The predicted octanol–water partition coefficient (Wildman–Crippen LogP) is 3.01. The molecule has 8 heteroatoms. The van der Waals surface area contributed by atoms with Crippen molar-refractivity contribution < 1.29 is 14.6 Å². The maximum absolute atomic E-state index is 10.7. The minimum absolute atomic E-state index is 0.268. The van der Waals surface area contributed by atoms with E-state index in [0.717, 1.165) is 41.7 Å². The second-order valence-electron chi connectivity index (χ2n) is 8.01. The first-order valence-electron chi connectivity index (χ1n) is 11.3. The van der Waals surface area contributed by atoms with Crippen LogP contribution in [-0.2, 0) is 6.54 Å². The van der Waals surface area contributed by atoms with E-state index in [4.69, 9.17) is 15.2 Å². The number of aliphatic hydroxyl groups excluding tert-OH is 1. The van der Waals surface area contributed by atoms with Crippen LogP contribution < -0.4 is 20.5 Å². The number of nitrogens with two attached hydrogens (primary N) is 1. The van der Waals surface area contributed by atoms with E-state index in [-0.39, 0.29) is 5.84 Å². The molecular weight excluding hydrogens is 418 g/mol. The summed E-state index contributed by atoms with van der Waals surface area (Å²) >= 11 is 0. The van der Waals surface area contributed by atoms with Crippen LogP contribution in [0.25, 0.3) is 10.9 Å². The molecule has 0 spiro atoms. The summed E-state index contributed by atoms with van der Waals surface area (Å²) in [6, 6.07) is 11.2. The summed E-state index contributed by atoms with van der Waals surface area (Å²) < 4.78 is 11.2. The van der Waals surface area contributed by atoms with Gasteiger partial charge >= 0.3 is 0 Å². The molecule has 33 heavy (non-hydrogen) atoms. The molecule has 3 rings (SSSR count). The highest BCUT2D eigenvalue weighted by Crippen LogP contribution is 2.31. The minimum atomic E-state index is -1.12. The molecule has 1 atom stereocenters. The number of hydrogen-bond acceptors (Lipinski definition) is 6. The molecule has 0 bridgehead atoms. The number of benzene rings is 2. The smallest absolute Gasteiger partial charge is 0.173 e. The summed E-state index contributed by atoms with van der Waals surface area (Å²) in [7, 11) is 4.11. The van der Waals surface area contributed by atoms with Crippen LogP contribution in [-0.4, -0.2) is 61.2 Å². The topological polar surface area (TPSA) is 108 Å². The van der Waals surface area contributed by atoms with Gasteiger partial charge in [0.1, 0.15) is 5.84 Å². The Labute approximate surface area is 195 Å². The Kier molecular flexibility index (Phi) is 8.71. The molecule has 0 aliphatic heterocycles. The summed E-state index contributed by atoms with van der Waals surface area (Å²) in [5, 5.41) is 15.2. The number of amidine groups is 1. The first-order chi connectivity index (χ1) is 15.9. The lowest BCUT2D eigenvalue weighted by Crippen LogP contribution is -2.26. The number of aliphatic hydroxyl groups is 1. The van der Waals surface area contributed by atoms with Gasteiger partial charge < -0.3 is 35.5 Å². The second-order valence-corrected chi connectivity index (χ2v) is 8.01. The summed E-state index contributed by atoms with van der Waals surface area (Å²) in [5.74, 6) is 1.48. The lowest BCUT2D eigenvalue weighted by molar-refractivity contribution is 0.187. The molecule has 0 aliphatic rings. The van der Waals surface area contributed by atoms with Gasteiger partial charge in [0, 0.05) is 47.9 Å². The number of H-pyrrole nitrogens is 1. The molecule has 1 heterocycles. The van der Waals surface area contributed by atoms with Crippen LogP contribution in [0.2, 0.25) is 0 Å². The lowest BCUT2D eigenvalue weighted by atomic mass is 10.1. The minimum Gasteiger partial charge on any atom is -0.490 e.